The maximum atomic E-state index is 12.1. The summed E-state index contributed by atoms with van der Waals surface area (Å²) in [5.74, 6) is 0.474. The number of unbranched alkanes of at least 4 members (excludes halogenated alkanes) is 1. The first-order valence-corrected chi connectivity index (χ1v) is 9.22. The number of methoxy groups -OCH3 is 1. The number of rotatable bonds is 10. The monoisotopic (exact) mass is 366 g/mol. The largest absolute Gasteiger partial charge is 0.497 e. The lowest BCUT2D eigenvalue weighted by Crippen LogP contribution is -2.31. The van der Waals surface area contributed by atoms with Crippen LogP contribution < -0.4 is 15.8 Å². The number of nitrogens with two attached hydrogens (primary N) is 1. The molecule has 0 aliphatic carbocycles. The minimum absolute atomic E-state index is 0.0152. The van der Waals surface area contributed by atoms with Gasteiger partial charge in [0.1, 0.15) is 5.75 Å². The number of amides is 1. The third kappa shape index (κ3) is 7.51. The summed E-state index contributed by atoms with van der Waals surface area (Å²) in [5.41, 5.74) is 7.07. The molecule has 1 amide bonds. The van der Waals surface area contributed by atoms with Crippen LogP contribution in [0.2, 0.25) is 0 Å². The molecule has 1 aromatic carbocycles. The van der Waals surface area contributed by atoms with Crippen molar-refractivity contribution in [3.8, 4) is 5.75 Å². The fraction of sp³-hybridized carbons (Fsp3) is 0.444. The molecule has 25 heavy (non-hydrogen) atoms. The van der Waals surface area contributed by atoms with Crippen LogP contribution in [-0.2, 0) is 20.1 Å². The van der Waals surface area contributed by atoms with Crippen molar-refractivity contribution in [2.75, 3.05) is 13.7 Å². The van der Waals surface area contributed by atoms with Gasteiger partial charge in [0.25, 0.3) is 0 Å². The molecule has 0 fully saturated rings. The average molecular weight is 366 g/mol. The van der Waals surface area contributed by atoms with Gasteiger partial charge in [-0.15, -0.1) is 11.8 Å². The SMILES string of the molecule is CCCCC(=O)N/C(C(=O)OCC)=C(\N)SCc1ccc(OC)cc1. The predicted molar refractivity (Wildman–Crippen MR) is 99.8 cm³/mol. The molecule has 1 rings (SSSR count). The van der Waals surface area contributed by atoms with E-state index in [4.69, 9.17) is 15.2 Å². The second kappa shape index (κ2) is 11.4. The van der Waals surface area contributed by atoms with E-state index in [0.29, 0.717) is 12.2 Å². The van der Waals surface area contributed by atoms with E-state index in [1.54, 1.807) is 14.0 Å². The van der Waals surface area contributed by atoms with Crippen molar-refractivity contribution in [1.82, 2.24) is 5.32 Å². The minimum atomic E-state index is -0.618. The highest BCUT2D eigenvalue weighted by Gasteiger charge is 2.18. The number of carbonyl (C=O) groups is 2. The molecule has 0 aromatic heterocycles. The van der Waals surface area contributed by atoms with Crippen molar-refractivity contribution in [1.29, 1.82) is 0 Å². The van der Waals surface area contributed by atoms with Crippen LogP contribution in [-0.4, -0.2) is 25.6 Å². The first-order valence-electron chi connectivity index (χ1n) is 8.24. The van der Waals surface area contributed by atoms with Crippen molar-refractivity contribution in [2.45, 2.75) is 38.9 Å². The second-order valence-corrected chi connectivity index (χ2v) is 6.27. The summed E-state index contributed by atoms with van der Waals surface area (Å²) in [6.07, 6.45) is 1.99. The van der Waals surface area contributed by atoms with Crippen molar-refractivity contribution in [3.05, 3.63) is 40.6 Å². The highest BCUT2D eigenvalue weighted by atomic mass is 32.2. The number of nitrogens with one attached hydrogen (secondary N) is 1. The topological polar surface area (TPSA) is 90.7 Å². The number of carbonyl (C=O) groups excluding carboxylic acids is 2. The number of esters is 1. The van der Waals surface area contributed by atoms with Crippen LogP contribution in [0, 0.1) is 0 Å². The van der Waals surface area contributed by atoms with Crippen LogP contribution in [0.4, 0.5) is 0 Å². The van der Waals surface area contributed by atoms with E-state index >= 15 is 0 Å². The fourth-order valence-corrected chi connectivity index (χ4v) is 2.70. The van der Waals surface area contributed by atoms with Gasteiger partial charge < -0.3 is 20.5 Å². The van der Waals surface area contributed by atoms with Crippen molar-refractivity contribution in [2.24, 2.45) is 5.73 Å². The summed E-state index contributed by atoms with van der Waals surface area (Å²) >= 11 is 1.27. The Morgan fingerprint density at radius 3 is 2.44 bits per heavy atom. The molecule has 3 N–H and O–H groups in total. The van der Waals surface area contributed by atoms with E-state index in [0.717, 1.165) is 24.2 Å². The lowest BCUT2D eigenvalue weighted by Gasteiger charge is -2.12. The number of hydrogen-bond acceptors (Lipinski definition) is 6. The van der Waals surface area contributed by atoms with Crippen LogP contribution in [0.25, 0.3) is 0 Å². The Bertz CT molecular complexity index is 600. The molecule has 7 heteroatoms. The molecule has 6 nitrogen and oxygen atoms in total. The van der Waals surface area contributed by atoms with Gasteiger partial charge in [-0.1, -0.05) is 25.5 Å². The number of ether oxygens (including phenoxy) is 2. The summed E-state index contributed by atoms with van der Waals surface area (Å²) < 4.78 is 10.1. The number of hydrogen-bond donors (Lipinski definition) is 2. The summed E-state index contributed by atoms with van der Waals surface area (Å²) in [4.78, 5) is 24.0. The Morgan fingerprint density at radius 2 is 1.88 bits per heavy atom. The van der Waals surface area contributed by atoms with E-state index in [-0.39, 0.29) is 23.2 Å². The Labute approximate surface area is 153 Å². The maximum Gasteiger partial charge on any atom is 0.357 e. The summed E-state index contributed by atoms with van der Waals surface area (Å²) in [6, 6.07) is 7.55. The molecule has 0 unspecified atom stereocenters. The zero-order chi connectivity index (χ0) is 18.7. The van der Waals surface area contributed by atoms with E-state index < -0.39 is 5.97 Å². The van der Waals surface area contributed by atoms with Crippen molar-refractivity contribution < 1.29 is 19.1 Å². The summed E-state index contributed by atoms with van der Waals surface area (Å²) in [6.45, 7) is 3.91. The molecule has 0 heterocycles. The third-order valence-corrected chi connectivity index (χ3v) is 4.29. The van der Waals surface area contributed by atoms with Gasteiger partial charge in [-0.3, -0.25) is 4.79 Å². The third-order valence-electron chi connectivity index (χ3n) is 3.30. The summed E-state index contributed by atoms with van der Waals surface area (Å²) in [5, 5.41) is 2.83. The Morgan fingerprint density at radius 1 is 1.20 bits per heavy atom. The molecule has 0 saturated carbocycles. The molecule has 138 valence electrons. The van der Waals surface area contributed by atoms with Crippen molar-refractivity contribution in [3.63, 3.8) is 0 Å². The second-order valence-electron chi connectivity index (χ2n) is 5.25. The minimum Gasteiger partial charge on any atom is -0.497 e. The van der Waals surface area contributed by atoms with Gasteiger partial charge in [0.15, 0.2) is 5.70 Å². The lowest BCUT2D eigenvalue weighted by atomic mass is 10.2. The van der Waals surface area contributed by atoms with Gasteiger partial charge in [0.2, 0.25) is 5.91 Å². The molecule has 0 radical (unpaired) electrons. The highest BCUT2D eigenvalue weighted by Crippen LogP contribution is 2.22. The van der Waals surface area contributed by atoms with Crippen LogP contribution in [0.5, 0.6) is 5.75 Å². The molecule has 0 spiro atoms. The average Bonchev–Trinajstić information content (AvgIpc) is 2.63. The Kier molecular flexibility index (Phi) is 9.54. The van der Waals surface area contributed by atoms with Crippen LogP contribution in [0.1, 0.15) is 38.7 Å². The van der Waals surface area contributed by atoms with E-state index in [2.05, 4.69) is 5.32 Å². The maximum absolute atomic E-state index is 12.1. The molecule has 0 aliphatic heterocycles. The van der Waals surface area contributed by atoms with Gasteiger partial charge in [-0.25, -0.2) is 4.79 Å². The van der Waals surface area contributed by atoms with E-state index in [9.17, 15) is 9.59 Å². The molecular formula is C18H26N2O4S. The molecule has 0 bridgehead atoms. The highest BCUT2D eigenvalue weighted by molar-refractivity contribution is 8.02. The molecular weight excluding hydrogens is 340 g/mol. The summed E-state index contributed by atoms with van der Waals surface area (Å²) in [7, 11) is 1.61. The van der Waals surface area contributed by atoms with Gasteiger partial charge in [0.05, 0.1) is 18.7 Å². The van der Waals surface area contributed by atoms with Gasteiger partial charge >= 0.3 is 5.97 Å². The van der Waals surface area contributed by atoms with E-state index in [1.807, 2.05) is 31.2 Å². The van der Waals surface area contributed by atoms with Gasteiger partial charge in [-0.05, 0) is 31.0 Å². The van der Waals surface area contributed by atoms with Gasteiger partial charge in [0, 0.05) is 12.2 Å². The first-order chi connectivity index (χ1) is 12.0. The first kappa shape index (κ1) is 20.9. The lowest BCUT2D eigenvalue weighted by molar-refractivity contribution is -0.140. The zero-order valence-electron chi connectivity index (χ0n) is 15.0. The van der Waals surface area contributed by atoms with Crippen LogP contribution in [0.15, 0.2) is 35.0 Å². The molecule has 0 aliphatic rings. The Balaban J connectivity index is 2.80. The smallest absolute Gasteiger partial charge is 0.357 e. The number of benzene rings is 1. The number of thioether (sulfide) groups is 1. The predicted octanol–water partition coefficient (Wildman–Crippen LogP) is 2.93. The molecule has 0 atom stereocenters. The van der Waals surface area contributed by atoms with E-state index in [1.165, 1.54) is 11.8 Å². The Hall–Kier alpha value is -2.15. The molecule has 1 aromatic rings. The van der Waals surface area contributed by atoms with Crippen LogP contribution in [0.3, 0.4) is 0 Å². The quantitative estimate of drug-likeness (QED) is 0.489. The van der Waals surface area contributed by atoms with Crippen molar-refractivity contribution >= 4 is 23.6 Å². The zero-order valence-corrected chi connectivity index (χ0v) is 15.8. The normalized spacial score (nSPS) is 11.5. The van der Waals surface area contributed by atoms with Crippen LogP contribution >= 0.6 is 11.8 Å². The fourth-order valence-electron chi connectivity index (χ4n) is 1.91. The molecule has 0 saturated heterocycles. The van der Waals surface area contributed by atoms with Gasteiger partial charge in [-0.2, -0.15) is 0 Å². The standard InChI is InChI=1S/C18H26N2O4S/c1-4-6-7-15(21)20-16(18(22)24-5-2)17(19)25-12-13-8-10-14(23-3)11-9-13/h8-11H,4-7,12,19H2,1-3H3,(H,20,21)/b17-16+.